The molecule has 2 N–H and O–H groups in total. The number of ether oxygens (including phenoxy) is 2. The van der Waals surface area contributed by atoms with Gasteiger partial charge >= 0.3 is 0 Å². The summed E-state index contributed by atoms with van der Waals surface area (Å²) in [5.41, 5.74) is 3.05. The summed E-state index contributed by atoms with van der Waals surface area (Å²) in [6.07, 6.45) is 0.154. The largest absolute Gasteiger partial charge is 0.504 e. The van der Waals surface area contributed by atoms with Crippen LogP contribution in [0.5, 0.6) is 17.2 Å². The summed E-state index contributed by atoms with van der Waals surface area (Å²) in [5.74, 6) is 1.11. The van der Waals surface area contributed by atoms with Crippen LogP contribution in [0.15, 0.2) is 66.7 Å². The molecular formula is C24H24N2O4. The summed E-state index contributed by atoms with van der Waals surface area (Å²) >= 11 is 0. The fourth-order valence-corrected chi connectivity index (χ4v) is 3.74. The van der Waals surface area contributed by atoms with Crippen molar-refractivity contribution in [2.75, 3.05) is 26.1 Å². The van der Waals surface area contributed by atoms with E-state index in [1.807, 2.05) is 54.6 Å². The van der Waals surface area contributed by atoms with Gasteiger partial charge in [0.1, 0.15) is 11.9 Å². The van der Waals surface area contributed by atoms with Gasteiger partial charge in [-0.3, -0.25) is 4.79 Å². The normalized spacial score (nSPS) is 15.3. The molecule has 154 valence electrons. The van der Waals surface area contributed by atoms with Crippen LogP contribution in [0.25, 0.3) is 0 Å². The van der Waals surface area contributed by atoms with Crippen LogP contribution in [0.1, 0.15) is 27.7 Å². The highest BCUT2D eigenvalue weighted by Crippen LogP contribution is 2.40. The number of benzene rings is 3. The number of phenols is 1. The zero-order valence-corrected chi connectivity index (χ0v) is 17.0. The Bertz CT molecular complexity index is 1050. The van der Waals surface area contributed by atoms with Crippen molar-refractivity contribution >= 4 is 11.6 Å². The molecule has 1 heterocycles. The fourth-order valence-electron chi connectivity index (χ4n) is 3.74. The van der Waals surface area contributed by atoms with E-state index in [4.69, 9.17) is 9.47 Å². The summed E-state index contributed by atoms with van der Waals surface area (Å²) < 4.78 is 10.5. The standard InChI is InChI=1S/C24H24N2O4/c1-29-17-12-10-16(11-13-17)14-15-26-23(19-7-5-9-21(30-2)22(19)27)25-20-8-4-3-6-18(20)24(26)28/h3-13,23,25,27H,14-15H2,1-2H3. The van der Waals surface area contributed by atoms with Crippen LogP contribution in [0.4, 0.5) is 5.69 Å². The first kappa shape index (κ1) is 19.6. The van der Waals surface area contributed by atoms with Gasteiger partial charge in [0.15, 0.2) is 11.5 Å². The highest BCUT2D eigenvalue weighted by molar-refractivity contribution is 6.01. The first-order chi connectivity index (χ1) is 14.6. The number of carbonyl (C=O) groups is 1. The predicted molar refractivity (Wildman–Crippen MR) is 115 cm³/mol. The van der Waals surface area contributed by atoms with Gasteiger partial charge in [0.2, 0.25) is 0 Å². The minimum atomic E-state index is -0.513. The van der Waals surface area contributed by atoms with Gasteiger partial charge in [-0.15, -0.1) is 0 Å². The van der Waals surface area contributed by atoms with Crippen molar-refractivity contribution in [1.82, 2.24) is 4.90 Å². The molecule has 1 amide bonds. The van der Waals surface area contributed by atoms with Gasteiger partial charge < -0.3 is 24.8 Å². The Morgan fingerprint density at radius 1 is 0.967 bits per heavy atom. The minimum Gasteiger partial charge on any atom is -0.504 e. The summed E-state index contributed by atoms with van der Waals surface area (Å²) in [6.45, 7) is 0.480. The molecule has 6 heteroatoms. The number of fused-ring (bicyclic) bond motifs is 1. The molecule has 0 spiro atoms. The number of rotatable bonds is 6. The number of nitrogens with one attached hydrogen (secondary N) is 1. The highest BCUT2D eigenvalue weighted by Gasteiger charge is 2.34. The third-order valence-electron chi connectivity index (χ3n) is 5.37. The van der Waals surface area contributed by atoms with Crippen molar-refractivity contribution in [3.8, 4) is 17.2 Å². The molecule has 0 fully saturated rings. The molecule has 3 aromatic rings. The summed E-state index contributed by atoms with van der Waals surface area (Å²) in [7, 11) is 3.14. The van der Waals surface area contributed by atoms with Crippen molar-refractivity contribution in [1.29, 1.82) is 0 Å². The number of anilines is 1. The average Bonchev–Trinajstić information content (AvgIpc) is 2.79. The van der Waals surface area contributed by atoms with Gasteiger partial charge in [-0.05, 0) is 42.3 Å². The maximum Gasteiger partial charge on any atom is 0.257 e. The van der Waals surface area contributed by atoms with E-state index >= 15 is 0 Å². The topological polar surface area (TPSA) is 71.0 Å². The summed E-state index contributed by atoms with van der Waals surface area (Å²) in [5, 5.41) is 14.1. The van der Waals surface area contributed by atoms with Crippen LogP contribution < -0.4 is 14.8 Å². The van der Waals surface area contributed by atoms with Crippen molar-refractivity contribution in [3.05, 3.63) is 83.4 Å². The predicted octanol–water partition coefficient (Wildman–Crippen LogP) is 4.22. The van der Waals surface area contributed by atoms with E-state index in [0.29, 0.717) is 29.8 Å². The summed E-state index contributed by atoms with van der Waals surface area (Å²) in [6, 6.07) is 20.5. The van der Waals surface area contributed by atoms with E-state index in [9.17, 15) is 9.90 Å². The number of carbonyl (C=O) groups excluding carboxylic acids is 1. The first-order valence-electron chi connectivity index (χ1n) is 9.77. The lowest BCUT2D eigenvalue weighted by Gasteiger charge is -2.38. The van der Waals surface area contributed by atoms with Crippen LogP contribution in [-0.2, 0) is 6.42 Å². The first-order valence-corrected chi connectivity index (χ1v) is 9.77. The number of amides is 1. The Morgan fingerprint density at radius 2 is 1.73 bits per heavy atom. The molecule has 1 aliphatic rings. The second-order valence-electron chi connectivity index (χ2n) is 7.09. The van der Waals surface area contributed by atoms with Gasteiger partial charge in [-0.1, -0.05) is 36.4 Å². The van der Waals surface area contributed by atoms with Gasteiger partial charge in [0, 0.05) is 17.8 Å². The lowest BCUT2D eigenvalue weighted by molar-refractivity contribution is 0.0683. The van der Waals surface area contributed by atoms with Gasteiger partial charge in [-0.25, -0.2) is 0 Å². The molecular weight excluding hydrogens is 380 g/mol. The molecule has 0 aliphatic carbocycles. The second kappa shape index (κ2) is 8.37. The Hall–Kier alpha value is -3.67. The molecule has 0 saturated heterocycles. The molecule has 1 aliphatic heterocycles. The number of aromatic hydroxyl groups is 1. The lowest BCUT2D eigenvalue weighted by Crippen LogP contribution is -2.44. The number of hydrogen-bond donors (Lipinski definition) is 2. The number of para-hydroxylation sites is 2. The molecule has 6 nitrogen and oxygen atoms in total. The van der Waals surface area contributed by atoms with Gasteiger partial charge in [-0.2, -0.15) is 0 Å². The van der Waals surface area contributed by atoms with Crippen molar-refractivity contribution < 1.29 is 19.4 Å². The van der Waals surface area contributed by atoms with Gasteiger partial charge in [0.05, 0.1) is 19.8 Å². The van der Waals surface area contributed by atoms with E-state index in [2.05, 4.69) is 5.32 Å². The molecule has 0 saturated carbocycles. The SMILES string of the molecule is COc1ccc(CCN2C(=O)c3ccccc3NC2c2cccc(OC)c2O)cc1. The van der Waals surface area contributed by atoms with Crippen LogP contribution in [0.2, 0.25) is 0 Å². The third kappa shape index (κ3) is 3.64. The number of nitrogens with zero attached hydrogens (tertiary/aromatic N) is 1. The zero-order chi connectivity index (χ0) is 21.1. The molecule has 4 rings (SSSR count). The fraction of sp³-hybridized carbons (Fsp3) is 0.208. The molecule has 30 heavy (non-hydrogen) atoms. The van der Waals surface area contributed by atoms with Crippen LogP contribution in [-0.4, -0.2) is 36.7 Å². The molecule has 1 unspecified atom stereocenters. The molecule has 0 aromatic heterocycles. The second-order valence-corrected chi connectivity index (χ2v) is 7.09. The maximum absolute atomic E-state index is 13.3. The Kier molecular flexibility index (Phi) is 5.48. The monoisotopic (exact) mass is 404 g/mol. The van der Waals surface area contributed by atoms with Crippen LogP contribution in [0.3, 0.4) is 0 Å². The number of hydrogen-bond acceptors (Lipinski definition) is 5. The van der Waals surface area contributed by atoms with Gasteiger partial charge in [0.25, 0.3) is 5.91 Å². The summed E-state index contributed by atoms with van der Waals surface area (Å²) in [4.78, 5) is 15.1. The molecule has 0 radical (unpaired) electrons. The zero-order valence-electron chi connectivity index (χ0n) is 17.0. The molecule has 1 atom stereocenters. The highest BCUT2D eigenvalue weighted by atomic mass is 16.5. The van der Waals surface area contributed by atoms with Crippen LogP contribution >= 0.6 is 0 Å². The van der Waals surface area contributed by atoms with E-state index in [-0.39, 0.29) is 11.7 Å². The van der Waals surface area contributed by atoms with Crippen molar-refractivity contribution in [2.45, 2.75) is 12.6 Å². The third-order valence-corrected chi connectivity index (χ3v) is 5.37. The Balaban J connectivity index is 1.67. The van der Waals surface area contributed by atoms with E-state index in [1.54, 1.807) is 24.1 Å². The average molecular weight is 404 g/mol. The molecule has 0 bridgehead atoms. The molecule has 3 aromatic carbocycles. The quantitative estimate of drug-likeness (QED) is 0.644. The lowest BCUT2D eigenvalue weighted by atomic mass is 10.0. The van der Waals surface area contributed by atoms with Crippen LogP contribution in [0, 0.1) is 0 Å². The van der Waals surface area contributed by atoms with Crippen molar-refractivity contribution in [2.24, 2.45) is 0 Å². The Labute approximate surface area is 175 Å². The Morgan fingerprint density at radius 3 is 2.47 bits per heavy atom. The maximum atomic E-state index is 13.3. The van der Waals surface area contributed by atoms with E-state index < -0.39 is 6.17 Å². The smallest absolute Gasteiger partial charge is 0.257 e. The number of methoxy groups -OCH3 is 2. The minimum absolute atomic E-state index is 0.0270. The number of phenolic OH excluding ortho intramolecular Hbond substituents is 1. The van der Waals surface area contributed by atoms with E-state index in [1.165, 1.54) is 7.11 Å². The van der Waals surface area contributed by atoms with E-state index in [0.717, 1.165) is 17.0 Å². The van der Waals surface area contributed by atoms with Crippen molar-refractivity contribution in [3.63, 3.8) is 0 Å².